The summed E-state index contributed by atoms with van der Waals surface area (Å²) in [5.41, 5.74) is 6.56. The zero-order chi connectivity index (χ0) is 11.0. The number of H-pyrrole nitrogens is 1. The molecular formula is C11H13FN2O. The van der Waals surface area contributed by atoms with Gasteiger partial charge in [0.1, 0.15) is 5.82 Å². The lowest BCUT2D eigenvalue weighted by Crippen LogP contribution is -2.25. The number of nitrogens with one attached hydrogen (secondary N) is 1. The number of aliphatic hydroxyl groups is 1. The Hall–Kier alpha value is -1.39. The van der Waals surface area contributed by atoms with Gasteiger partial charge in [0.05, 0.1) is 6.10 Å². The van der Waals surface area contributed by atoms with Crippen molar-refractivity contribution in [3.8, 4) is 0 Å². The zero-order valence-electron chi connectivity index (χ0n) is 8.37. The minimum Gasteiger partial charge on any atom is -0.387 e. The van der Waals surface area contributed by atoms with Crippen molar-refractivity contribution in [1.29, 1.82) is 0 Å². The van der Waals surface area contributed by atoms with Crippen LogP contribution in [0.15, 0.2) is 24.4 Å². The molecule has 0 spiro atoms. The van der Waals surface area contributed by atoms with Crippen LogP contribution in [0.5, 0.6) is 0 Å². The summed E-state index contributed by atoms with van der Waals surface area (Å²) in [5.74, 6) is -0.424. The molecule has 0 bridgehead atoms. The number of nitrogens with two attached hydrogens (primary N) is 1. The molecule has 80 valence electrons. The van der Waals surface area contributed by atoms with Gasteiger partial charge in [0.2, 0.25) is 0 Å². The molecule has 2 aromatic rings. The Bertz CT molecular complexity index is 478. The van der Waals surface area contributed by atoms with Crippen LogP contribution in [0.3, 0.4) is 0 Å². The average Bonchev–Trinajstić information content (AvgIpc) is 2.62. The molecular weight excluding hydrogens is 195 g/mol. The summed E-state index contributed by atoms with van der Waals surface area (Å²) < 4.78 is 13.6. The normalized spacial score (nSPS) is 15.5. The highest BCUT2D eigenvalue weighted by Gasteiger charge is 2.17. The molecule has 2 rings (SSSR count). The van der Waals surface area contributed by atoms with Gasteiger partial charge < -0.3 is 15.8 Å². The third-order valence-corrected chi connectivity index (χ3v) is 2.49. The van der Waals surface area contributed by atoms with E-state index in [0.717, 1.165) is 10.9 Å². The SMILES string of the molecule is CC(N)C(O)c1cc2[nH]ccc2cc1F. The maximum Gasteiger partial charge on any atom is 0.129 e. The molecule has 0 saturated heterocycles. The van der Waals surface area contributed by atoms with Gasteiger partial charge >= 0.3 is 0 Å². The van der Waals surface area contributed by atoms with Gasteiger partial charge in [-0.15, -0.1) is 0 Å². The van der Waals surface area contributed by atoms with E-state index < -0.39 is 18.0 Å². The molecule has 0 radical (unpaired) electrons. The number of rotatable bonds is 2. The van der Waals surface area contributed by atoms with Gasteiger partial charge in [0.25, 0.3) is 0 Å². The van der Waals surface area contributed by atoms with Crippen molar-refractivity contribution in [3.63, 3.8) is 0 Å². The highest BCUT2D eigenvalue weighted by Crippen LogP contribution is 2.24. The quantitative estimate of drug-likeness (QED) is 0.703. The number of aromatic amines is 1. The van der Waals surface area contributed by atoms with Crippen LogP contribution in [0, 0.1) is 5.82 Å². The second kappa shape index (κ2) is 3.64. The second-order valence-corrected chi connectivity index (χ2v) is 3.74. The van der Waals surface area contributed by atoms with E-state index in [1.807, 2.05) is 0 Å². The summed E-state index contributed by atoms with van der Waals surface area (Å²) in [6.07, 6.45) is 0.754. The smallest absolute Gasteiger partial charge is 0.129 e. The molecule has 0 fully saturated rings. The number of aliphatic hydroxyl groups excluding tert-OH is 1. The number of fused-ring (bicyclic) bond motifs is 1. The predicted octanol–water partition coefficient (Wildman–Crippen LogP) is 1.69. The van der Waals surface area contributed by atoms with Crippen molar-refractivity contribution in [1.82, 2.24) is 4.98 Å². The Kier molecular flexibility index (Phi) is 2.46. The molecule has 0 saturated carbocycles. The predicted molar refractivity (Wildman–Crippen MR) is 56.9 cm³/mol. The summed E-state index contributed by atoms with van der Waals surface area (Å²) in [7, 11) is 0. The fraction of sp³-hybridized carbons (Fsp3) is 0.273. The molecule has 0 amide bonds. The highest BCUT2D eigenvalue weighted by atomic mass is 19.1. The molecule has 2 unspecified atom stereocenters. The van der Waals surface area contributed by atoms with Crippen molar-refractivity contribution >= 4 is 10.9 Å². The first-order valence-electron chi connectivity index (χ1n) is 4.80. The Labute approximate surface area is 86.7 Å². The number of halogens is 1. The largest absolute Gasteiger partial charge is 0.387 e. The van der Waals surface area contributed by atoms with E-state index in [1.165, 1.54) is 6.07 Å². The van der Waals surface area contributed by atoms with Crippen LogP contribution < -0.4 is 5.73 Å². The minimum absolute atomic E-state index is 0.236. The number of benzene rings is 1. The number of hydrogen-bond acceptors (Lipinski definition) is 2. The first-order valence-corrected chi connectivity index (χ1v) is 4.80. The molecule has 3 nitrogen and oxygen atoms in total. The van der Waals surface area contributed by atoms with Gasteiger partial charge in [-0.1, -0.05) is 0 Å². The Balaban J connectivity index is 2.54. The molecule has 2 atom stereocenters. The summed E-state index contributed by atoms with van der Waals surface area (Å²) >= 11 is 0. The van der Waals surface area contributed by atoms with Crippen LogP contribution in [-0.4, -0.2) is 16.1 Å². The van der Waals surface area contributed by atoms with Crippen molar-refractivity contribution in [2.75, 3.05) is 0 Å². The Morgan fingerprint density at radius 1 is 1.47 bits per heavy atom. The van der Waals surface area contributed by atoms with Crippen molar-refractivity contribution in [2.45, 2.75) is 19.1 Å². The molecule has 0 aliphatic carbocycles. The van der Waals surface area contributed by atoms with Crippen molar-refractivity contribution < 1.29 is 9.50 Å². The lowest BCUT2D eigenvalue weighted by Gasteiger charge is -2.15. The Morgan fingerprint density at radius 3 is 2.87 bits per heavy atom. The summed E-state index contributed by atoms with van der Waals surface area (Å²) in [5, 5.41) is 10.5. The molecule has 4 N–H and O–H groups in total. The van der Waals surface area contributed by atoms with Gasteiger partial charge in [-0.3, -0.25) is 0 Å². The highest BCUT2D eigenvalue weighted by molar-refractivity contribution is 5.80. The third kappa shape index (κ3) is 1.73. The van der Waals surface area contributed by atoms with Crippen molar-refractivity contribution in [3.05, 3.63) is 35.8 Å². The molecule has 0 aliphatic rings. The van der Waals surface area contributed by atoms with Gasteiger partial charge in [-0.2, -0.15) is 0 Å². The van der Waals surface area contributed by atoms with E-state index in [-0.39, 0.29) is 5.56 Å². The lowest BCUT2D eigenvalue weighted by atomic mass is 10.0. The van der Waals surface area contributed by atoms with Crippen molar-refractivity contribution in [2.24, 2.45) is 5.73 Å². The fourth-order valence-electron chi connectivity index (χ4n) is 1.60. The van der Waals surface area contributed by atoms with E-state index in [1.54, 1.807) is 25.3 Å². The summed E-state index contributed by atoms with van der Waals surface area (Å²) in [6, 6.07) is 4.28. The molecule has 1 heterocycles. The molecule has 0 aliphatic heterocycles. The zero-order valence-corrected chi connectivity index (χ0v) is 8.37. The monoisotopic (exact) mass is 208 g/mol. The van der Waals surface area contributed by atoms with Crippen LogP contribution >= 0.6 is 0 Å². The summed E-state index contributed by atoms with van der Waals surface area (Å²) in [4.78, 5) is 2.96. The van der Waals surface area contributed by atoms with E-state index in [4.69, 9.17) is 5.73 Å². The van der Waals surface area contributed by atoms with Gasteiger partial charge in [-0.05, 0) is 25.1 Å². The third-order valence-electron chi connectivity index (χ3n) is 2.49. The summed E-state index contributed by atoms with van der Waals surface area (Å²) in [6.45, 7) is 1.64. The van der Waals surface area contributed by atoms with Crippen LogP contribution in [0.2, 0.25) is 0 Å². The standard InChI is InChI=1S/C11H13FN2O/c1-6(13)11(15)8-5-10-7(2-3-14-10)4-9(8)12/h2-6,11,14-15H,13H2,1H3. The molecule has 4 heteroatoms. The number of aromatic nitrogens is 1. The minimum atomic E-state index is -0.974. The van der Waals surface area contributed by atoms with Gasteiger partial charge in [0, 0.05) is 28.7 Å². The van der Waals surface area contributed by atoms with Crippen LogP contribution in [0.4, 0.5) is 4.39 Å². The van der Waals surface area contributed by atoms with E-state index in [2.05, 4.69) is 4.98 Å². The lowest BCUT2D eigenvalue weighted by molar-refractivity contribution is 0.149. The van der Waals surface area contributed by atoms with E-state index in [9.17, 15) is 9.50 Å². The molecule has 15 heavy (non-hydrogen) atoms. The van der Waals surface area contributed by atoms with Gasteiger partial charge in [-0.25, -0.2) is 4.39 Å². The van der Waals surface area contributed by atoms with Gasteiger partial charge in [0.15, 0.2) is 0 Å². The average molecular weight is 208 g/mol. The van der Waals surface area contributed by atoms with E-state index in [0.29, 0.717) is 0 Å². The van der Waals surface area contributed by atoms with Crippen LogP contribution in [0.25, 0.3) is 10.9 Å². The first-order chi connectivity index (χ1) is 7.09. The number of hydrogen-bond donors (Lipinski definition) is 3. The maximum atomic E-state index is 13.6. The van der Waals surface area contributed by atoms with Crippen LogP contribution in [-0.2, 0) is 0 Å². The first kappa shape index (κ1) is 10.1. The molecule has 1 aromatic carbocycles. The van der Waals surface area contributed by atoms with Crippen LogP contribution in [0.1, 0.15) is 18.6 Å². The fourth-order valence-corrected chi connectivity index (χ4v) is 1.60. The topological polar surface area (TPSA) is 62.0 Å². The van der Waals surface area contributed by atoms with E-state index >= 15 is 0 Å². The second-order valence-electron chi connectivity index (χ2n) is 3.74. The molecule has 1 aromatic heterocycles. The maximum absolute atomic E-state index is 13.6. The Morgan fingerprint density at radius 2 is 2.20 bits per heavy atom.